The number of H-pyrrole nitrogens is 1. The Kier molecular flexibility index (Phi) is 5.15. The molecule has 1 aliphatic carbocycles. The molecule has 1 amide bonds. The van der Waals surface area contributed by atoms with Crippen LogP contribution in [0.2, 0.25) is 0 Å². The van der Waals surface area contributed by atoms with Crippen molar-refractivity contribution in [3.8, 4) is 0 Å². The molecule has 0 unspecified atom stereocenters. The van der Waals surface area contributed by atoms with E-state index in [0.717, 1.165) is 18.5 Å². The normalized spacial score (nSPS) is 15.3. The van der Waals surface area contributed by atoms with Gasteiger partial charge in [-0.1, -0.05) is 36.0 Å². The van der Waals surface area contributed by atoms with Crippen LogP contribution in [0.15, 0.2) is 63.1 Å². The van der Waals surface area contributed by atoms with Crippen LogP contribution in [0.3, 0.4) is 0 Å². The third kappa shape index (κ3) is 3.90. The third-order valence-electron chi connectivity index (χ3n) is 5.53. The van der Waals surface area contributed by atoms with E-state index in [1.807, 2.05) is 31.2 Å². The van der Waals surface area contributed by atoms with Crippen molar-refractivity contribution in [1.29, 1.82) is 0 Å². The lowest BCUT2D eigenvalue weighted by molar-refractivity contribution is -0.119. The fraction of sp³-hybridized carbons (Fsp3) is 0.261. The molecule has 8 heteroatoms. The van der Waals surface area contributed by atoms with Crippen molar-refractivity contribution in [2.24, 2.45) is 0 Å². The van der Waals surface area contributed by atoms with Gasteiger partial charge in [-0.25, -0.2) is 4.98 Å². The lowest BCUT2D eigenvalue weighted by atomic mass is 10.1. The zero-order chi connectivity index (χ0) is 21.4. The number of hydrogen-bond acceptors (Lipinski definition) is 5. The predicted octanol–water partition coefficient (Wildman–Crippen LogP) is 3.57. The van der Waals surface area contributed by atoms with Crippen LogP contribution in [0.4, 0.5) is 0 Å². The standard InChI is InChI=1S/C23H22N4O3S/c1-14-11-19-21(24-14)22(29)27(12-16-6-4-10-30-16)23(26-19)31-13-20(28)25-18-9-8-15-5-2-3-7-17(15)18/h2-7,10-11,18,24H,8-9,12-13H2,1H3,(H,25,28)/t18-/m1/s1. The monoisotopic (exact) mass is 434 g/mol. The minimum atomic E-state index is -0.179. The van der Waals surface area contributed by atoms with Gasteiger partial charge in [0.15, 0.2) is 5.16 Å². The Hall–Kier alpha value is -3.26. The predicted molar refractivity (Wildman–Crippen MR) is 119 cm³/mol. The summed E-state index contributed by atoms with van der Waals surface area (Å²) < 4.78 is 6.98. The van der Waals surface area contributed by atoms with Crippen LogP contribution >= 0.6 is 11.8 Å². The Morgan fingerprint density at radius 2 is 2.19 bits per heavy atom. The Morgan fingerprint density at radius 3 is 3.03 bits per heavy atom. The van der Waals surface area contributed by atoms with Crippen molar-refractivity contribution in [2.75, 3.05) is 5.75 Å². The highest BCUT2D eigenvalue weighted by Crippen LogP contribution is 2.31. The fourth-order valence-electron chi connectivity index (χ4n) is 4.09. The van der Waals surface area contributed by atoms with Gasteiger partial charge in [0.2, 0.25) is 5.91 Å². The first-order valence-electron chi connectivity index (χ1n) is 10.2. The second kappa shape index (κ2) is 8.11. The number of fused-ring (bicyclic) bond motifs is 2. The van der Waals surface area contributed by atoms with E-state index in [1.54, 1.807) is 16.9 Å². The summed E-state index contributed by atoms with van der Waals surface area (Å²) in [7, 11) is 0. The highest BCUT2D eigenvalue weighted by Gasteiger charge is 2.24. The first kappa shape index (κ1) is 19.7. The molecule has 0 bridgehead atoms. The number of carbonyl (C=O) groups excluding carboxylic acids is 1. The molecule has 1 aliphatic rings. The van der Waals surface area contributed by atoms with Crippen LogP contribution in [0.5, 0.6) is 0 Å². The molecule has 0 radical (unpaired) electrons. The number of hydrogen-bond donors (Lipinski definition) is 2. The highest BCUT2D eigenvalue weighted by molar-refractivity contribution is 7.99. The van der Waals surface area contributed by atoms with Crippen molar-refractivity contribution in [1.82, 2.24) is 19.9 Å². The van der Waals surface area contributed by atoms with E-state index in [4.69, 9.17) is 4.42 Å². The van der Waals surface area contributed by atoms with Gasteiger partial charge < -0.3 is 14.7 Å². The average Bonchev–Trinajstić information content (AvgIpc) is 3.49. The summed E-state index contributed by atoms with van der Waals surface area (Å²) >= 11 is 1.26. The molecule has 3 heterocycles. The molecule has 158 valence electrons. The molecule has 0 spiro atoms. The molecule has 5 rings (SSSR count). The van der Waals surface area contributed by atoms with E-state index in [1.165, 1.54) is 22.9 Å². The topological polar surface area (TPSA) is 92.9 Å². The number of aromatic amines is 1. The number of thioether (sulfide) groups is 1. The first-order chi connectivity index (χ1) is 15.1. The van der Waals surface area contributed by atoms with Gasteiger partial charge in [0.25, 0.3) is 5.56 Å². The summed E-state index contributed by atoms with van der Waals surface area (Å²) in [6.07, 6.45) is 3.46. The maximum absolute atomic E-state index is 13.1. The number of nitrogens with zero attached hydrogens (tertiary/aromatic N) is 2. The summed E-state index contributed by atoms with van der Waals surface area (Å²) in [5, 5.41) is 3.62. The molecule has 1 aromatic carbocycles. The first-order valence-corrected chi connectivity index (χ1v) is 11.2. The van der Waals surface area contributed by atoms with E-state index in [0.29, 0.717) is 22.0 Å². The Bertz CT molecular complexity index is 1310. The average molecular weight is 435 g/mol. The van der Waals surface area contributed by atoms with Crippen molar-refractivity contribution < 1.29 is 9.21 Å². The van der Waals surface area contributed by atoms with Gasteiger partial charge in [-0.15, -0.1) is 0 Å². The van der Waals surface area contributed by atoms with Gasteiger partial charge in [-0.2, -0.15) is 0 Å². The van der Waals surface area contributed by atoms with Gasteiger partial charge >= 0.3 is 0 Å². The summed E-state index contributed by atoms with van der Waals surface area (Å²) in [6, 6.07) is 13.7. The van der Waals surface area contributed by atoms with E-state index in [2.05, 4.69) is 27.4 Å². The van der Waals surface area contributed by atoms with Gasteiger partial charge in [0.05, 0.1) is 30.1 Å². The van der Waals surface area contributed by atoms with Gasteiger partial charge in [0.1, 0.15) is 11.3 Å². The fourth-order valence-corrected chi connectivity index (χ4v) is 4.90. The van der Waals surface area contributed by atoms with Crippen LogP contribution in [0.1, 0.15) is 35.0 Å². The molecule has 1 atom stereocenters. The number of aryl methyl sites for hydroxylation is 2. The molecule has 0 saturated carbocycles. The number of nitrogens with one attached hydrogen (secondary N) is 2. The van der Waals surface area contributed by atoms with E-state index in [-0.39, 0.29) is 29.8 Å². The molecular weight excluding hydrogens is 412 g/mol. The maximum atomic E-state index is 13.1. The zero-order valence-electron chi connectivity index (χ0n) is 17.1. The molecule has 0 aliphatic heterocycles. The van der Waals surface area contributed by atoms with E-state index < -0.39 is 0 Å². The zero-order valence-corrected chi connectivity index (χ0v) is 17.9. The number of rotatable bonds is 6. The molecule has 7 nitrogen and oxygen atoms in total. The quantitative estimate of drug-likeness (QED) is 0.357. The Labute approximate surface area is 182 Å². The van der Waals surface area contributed by atoms with Crippen molar-refractivity contribution in [3.63, 3.8) is 0 Å². The minimum Gasteiger partial charge on any atom is -0.467 e. The number of amides is 1. The largest absolute Gasteiger partial charge is 0.467 e. The summed E-state index contributed by atoms with van der Waals surface area (Å²) in [5.41, 5.74) is 4.23. The molecule has 4 aromatic rings. The van der Waals surface area contributed by atoms with Gasteiger partial charge in [-0.3, -0.25) is 14.2 Å². The minimum absolute atomic E-state index is 0.0392. The highest BCUT2D eigenvalue weighted by atomic mass is 32.2. The van der Waals surface area contributed by atoms with Crippen LogP contribution in [0.25, 0.3) is 11.0 Å². The van der Waals surface area contributed by atoms with E-state index >= 15 is 0 Å². The summed E-state index contributed by atoms with van der Waals surface area (Å²) in [4.78, 5) is 33.5. The second-order valence-corrected chi connectivity index (χ2v) is 8.67. The molecule has 3 aromatic heterocycles. The summed E-state index contributed by atoms with van der Waals surface area (Å²) in [6.45, 7) is 2.14. The van der Waals surface area contributed by atoms with Crippen molar-refractivity contribution in [3.05, 3.63) is 81.7 Å². The number of carbonyl (C=O) groups is 1. The van der Waals surface area contributed by atoms with Gasteiger partial charge in [-0.05, 0) is 49.1 Å². The smallest absolute Gasteiger partial charge is 0.278 e. The molecular formula is C23H22N4O3S. The van der Waals surface area contributed by atoms with Crippen molar-refractivity contribution >= 4 is 28.7 Å². The Morgan fingerprint density at radius 1 is 1.32 bits per heavy atom. The number of furan rings is 1. The molecule has 0 saturated heterocycles. The van der Waals surface area contributed by atoms with Crippen LogP contribution in [0, 0.1) is 6.92 Å². The van der Waals surface area contributed by atoms with Crippen LogP contribution in [-0.4, -0.2) is 26.2 Å². The number of aromatic nitrogens is 3. The van der Waals surface area contributed by atoms with E-state index in [9.17, 15) is 9.59 Å². The maximum Gasteiger partial charge on any atom is 0.278 e. The van der Waals surface area contributed by atoms with Crippen LogP contribution < -0.4 is 10.9 Å². The lowest BCUT2D eigenvalue weighted by Gasteiger charge is -2.15. The van der Waals surface area contributed by atoms with Crippen LogP contribution in [-0.2, 0) is 17.8 Å². The van der Waals surface area contributed by atoms with Gasteiger partial charge in [0, 0.05) is 5.69 Å². The van der Waals surface area contributed by atoms with Crippen molar-refractivity contribution in [2.45, 2.75) is 37.5 Å². The lowest BCUT2D eigenvalue weighted by Crippen LogP contribution is -2.29. The number of benzene rings is 1. The third-order valence-corrected chi connectivity index (χ3v) is 6.51. The molecule has 31 heavy (non-hydrogen) atoms. The molecule has 2 N–H and O–H groups in total. The SMILES string of the molecule is Cc1cc2nc(SCC(=O)N[C@@H]3CCc4ccccc43)n(Cc3ccco3)c(=O)c2[nH]1. The second-order valence-electron chi connectivity index (χ2n) is 7.72. The Balaban J connectivity index is 1.37. The molecule has 0 fully saturated rings. The summed E-state index contributed by atoms with van der Waals surface area (Å²) in [5.74, 6) is 0.759.